The first-order valence-electron chi connectivity index (χ1n) is 2.40. The topological polar surface area (TPSA) is 23.8 Å². The van der Waals surface area contributed by atoms with Gasteiger partial charge in [0.25, 0.3) is 0 Å². The molecule has 0 amide bonds. The molecule has 1 nitrogen and oxygen atoms in total. The van der Waals surface area contributed by atoms with Gasteiger partial charge in [-0.25, -0.2) is 0 Å². The summed E-state index contributed by atoms with van der Waals surface area (Å²) in [6, 6.07) is 3.93. The zero-order valence-corrected chi connectivity index (χ0v) is 7.21. The Morgan fingerprint density at radius 3 is 2.67 bits per heavy atom. The third-order valence-corrected chi connectivity index (χ3v) is 2.56. The Morgan fingerprint density at radius 1 is 1.78 bits per heavy atom. The predicted molar refractivity (Wildman–Crippen MR) is 41.5 cm³/mol. The summed E-state index contributed by atoms with van der Waals surface area (Å²) < 4.78 is 1.02. The molecule has 0 aromatic carbocycles. The van der Waals surface area contributed by atoms with Crippen LogP contribution in [0.3, 0.4) is 0 Å². The van der Waals surface area contributed by atoms with Crippen LogP contribution in [-0.2, 0) is 0 Å². The summed E-state index contributed by atoms with van der Waals surface area (Å²) in [5, 5.41) is 8.47. The van der Waals surface area contributed by atoms with Crippen LogP contribution < -0.4 is 0 Å². The summed E-state index contributed by atoms with van der Waals surface area (Å²) in [6.07, 6.45) is 0. The monoisotopic (exact) mass is 201 g/mol. The second-order valence-corrected chi connectivity index (χ2v) is 4.27. The summed E-state index contributed by atoms with van der Waals surface area (Å²) in [7, 11) is 0. The van der Waals surface area contributed by atoms with E-state index < -0.39 is 0 Å². The van der Waals surface area contributed by atoms with Crippen molar-refractivity contribution in [3.8, 4) is 6.07 Å². The minimum absolute atomic E-state index is 0.770. The number of hydrogen-bond acceptors (Lipinski definition) is 2. The molecule has 0 N–H and O–H groups in total. The average Bonchev–Trinajstić information content (AvgIpc) is 2.10. The zero-order chi connectivity index (χ0) is 6.85. The van der Waals surface area contributed by atoms with E-state index >= 15 is 0 Å². The highest BCUT2D eigenvalue weighted by atomic mass is 79.9. The molecule has 3 heteroatoms. The van der Waals surface area contributed by atoms with Gasteiger partial charge in [0.1, 0.15) is 6.07 Å². The molecule has 46 valence electrons. The van der Waals surface area contributed by atoms with Crippen LogP contribution in [0.4, 0.5) is 0 Å². The summed E-state index contributed by atoms with van der Waals surface area (Å²) in [5.74, 6) is 0. The zero-order valence-electron chi connectivity index (χ0n) is 4.81. The van der Waals surface area contributed by atoms with Crippen molar-refractivity contribution >= 4 is 27.3 Å². The maximum Gasteiger partial charge on any atom is 0.100 e. The second kappa shape index (κ2) is 2.51. The van der Waals surface area contributed by atoms with Crippen LogP contribution in [0.15, 0.2) is 9.85 Å². The molecule has 0 saturated heterocycles. The Bertz CT molecular complexity index is 259. The van der Waals surface area contributed by atoms with E-state index in [9.17, 15) is 0 Å². The van der Waals surface area contributed by atoms with Gasteiger partial charge < -0.3 is 0 Å². The van der Waals surface area contributed by atoms with Gasteiger partial charge in [0.05, 0.1) is 9.35 Å². The lowest BCUT2D eigenvalue weighted by Gasteiger charge is -1.76. The molecule has 0 aliphatic heterocycles. The number of nitriles is 1. The van der Waals surface area contributed by atoms with E-state index in [4.69, 9.17) is 5.26 Å². The van der Waals surface area contributed by atoms with Gasteiger partial charge in [-0.1, -0.05) is 0 Å². The normalized spacial score (nSPS) is 9.00. The molecule has 0 unspecified atom stereocenters. The highest BCUT2D eigenvalue weighted by Crippen LogP contribution is 2.25. The van der Waals surface area contributed by atoms with Gasteiger partial charge >= 0.3 is 0 Å². The van der Waals surface area contributed by atoms with E-state index in [1.165, 1.54) is 0 Å². The summed E-state index contributed by atoms with van der Waals surface area (Å²) in [6.45, 7) is 1.94. The third kappa shape index (κ3) is 1.32. The molecule has 0 fully saturated rings. The maximum absolute atomic E-state index is 8.47. The molecule has 0 aliphatic rings. The number of aryl methyl sites for hydroxylation is 1. The highest BCUT2D eigenvalue weighted by molar-refractivity contribution is 9.11. The maximum atomic E-state index is 8.47. The number of rotatable bonds is 0. The van der Waals surface area contributed by atoms with E-state index in [1.807, 2.05) is 13.0 Å². The van der Waals surface area contributed by atoms with Gasteiger partial charge in [-0.05, 0) is 28.9 Å². The van der Waals surface area contributed by atoms with Crippen molar-refractivity contribution in [2.24, 2.45) is 0 Å². The van der Waals surface area contributed by atoms with Crippen LogP contribution in [0.1, 0.15) is 10.4 Å². The summed E-state index contributed by atoms with van der Waals surface area (Å²) >= 11 is 4.88. The molecule has 0 bridgehead atoms. The minimum Gasteiger partial charge on any atom is -0.192 e. The molecule has 1 rings (SSSR count). The Hall–Kier alpha value is -0.330. The minimum atomic E-state index is 0.770. The molecule has 9 heavy (non-hydrogen) atoms. The summed E-state index contributed by atoms with van der Waals surface area (Å²) in [5.41, 5.74) is 0.770. The number of halogens is 1. The molecular weight excluding hydrogens is 198 g/mol. The lowest BCUT2D eigenvalue weighted by Crippen LogP contribution is -1.65. The van der Waals surface area contributed by atoms with Crippen LogP contribution in [0.5, 0.6) is 0 Å². The Kier molecular flexibility index (Phi) is 1.89. The van der Waals surface area contributed by atoms with Crippen molar-refractivity contribution < 1.29 is 0 Å². The fourth-order valence-corrected chi connectivity index (χ4v) is 2.20. The Balaban J connectivity index is 3.20. The van der Waals surface area contributed by atoms with Crippen molar-refractivity contribution in [3.63, 3.8) is 0 Å². The SMILES string of the molecule is Cc1sc(Br)cc1C#N. The molecular formula is C6H4BrNS. The number of hydrogen-bond donors (Lipinski definition) is 0. The lowest BCUT2D eigenvalue weighted by molar-refractivity contribution is 1.47. The highest BCUT2D eigenvalue weighted by Gasteiger charge is 1.99. The average molecular weight is 202 g/mol. The van der Waals surface area contributed by atoms with Crippen LogP contribution in [0.2, 0.25) is 0 Å². The first-order chi connectivity index (χ1) is 4.24. The van der Waals surface area contributed by atoms with Gasteiger partial charge in [-0.15, -0.1) is 11.3 Å². The van der Waals surface area contributed by atoms with Crippen molar-refractivity contribution in [3.05, 3.63) is 20.3 Å². The van der Waals surface area contributed by atoms with Crippen molar-refractivity contribution in [1.82, 2.24) is 0 Å². The van der Waals surface area contributed by atoms with Gasteiger partial charge in [0, 0.05) is 4.88 Å². The van der Waals surface area contributed by atoms with Crippen molar-refractivity contribution in [1.29, 1.82) is 5.26 Å². The smallest absolute Gasteiger partial charge is 0.100 e. The molecule has 1 aromatic heterocycles. The van der Waals surface area contributed by atoms with Crippen LogP contribution in [-0.4, -0.2) is 0 Å². The Morgan fingerprint density at radius 2 is 2.44 bits per heavy atom. The quantitative estimate of drug-likeness (QED) is 0.634. The Labute approximate surface area is 66.1 Å². The summed E-state index contributed by atoms with van der Waals surface area (Å²) in [4.78, 5) is 1.07. The van der Waals surface area contributed by atoms with Crippen molar-refractivity contribution in [2.75, 3.05) is 0 Å². The van der Waals surface area contributed by atoms with E-state index in [2.05, 4.69) is 22.0 Å². The van der Waals surface area contributed by atoms with Gasteiger partial charge in [-0.3, -0.25) is 0 Å². The fraction of sp³-hybridized carbons (Fsp3) is 0.167. The van der Waals surface area contributed by atoms with Gasteiger partial charge in [-0.2, -0.15) is 5.26 Å². The van der Waals surface area contributed by atoms with Gasteiger partial charge in [0.2, 0.25) is 0 Å². The molecule has 0 saturated carbocycles. The van der Waals surface area contributed by atoms with Crippen molar-refractivity contribution in [2.45, 2.75) is 6.92 Å². The van der Waals surface area contributed by atoms with Gasteiger partial charge in [0.15, 0.2) is 0 Å². The lowest BCUT2D eigenvalue weighted by atomic mass is 10.3. The molecule has 1 heterocycles. The molecule has 0 atom stereocenters. The predicted octanol–water partition coefficient (Wildman–Crippen LogP) is 2.69. The fourth-order valence-electron chi connectivity index (χ4n) is 0.557. The van der Waals surface area contributed by atoms with E-state index in [-0.39, 0.29) is 0 Å². The molecule has 0 aliphatic carbocycles. The molecule has 1 aromatic rings. The molecule has 0 radical (unpaired) electrons. The molecule has 0 spiro atoms. The second-order valence-electron chi connectivity index (χ2n) is 1.63. The number of nitrogens with zero attached hydrogens (tertiary/aromatic N) is 1. The largest absolute Gasteiger partial charge is 0.192 e. The first kappa shape index (κ1) is 6.79. The standard InChI is InChI=1S/C6H4BrNS/c1-4-5(3-8)2-6(7)9-4/h2H,1H3. The van der Waals surface area contributed by atoms with E-state index in [0.717, 1.165) is 14.2 Å². The van der Waals surface area contributed by atoms with Crippen LogP contribution in [0, 0.1) is 18.3 Å². The first-order valence-corrected chi connectivity index (χ1v) is 4.01. The van der Waals surface area contributed by atoms with E-state index in [1.54, 1.807) is 11.3 Å². The third-order valence-electron chi connectivity index (χ3n) is 1.01. The van der Waals surface area contributed by atoms with Crippen LogP contribution in [0.25, 0.3) is 0 Å². The van der Waals surface area contributed by atoms with Crippen LogP contribution >= 0.6 is 27.3 Å². The van der Waals surface area contributed by atoms with E-state index in [0.29, 0.717) is 0 Å². The number of thiophene rings is 1.